The fraction of sp³-hybridized carbons (Fsp3) is 0.556. The first-order valence-corrected chi connectivity index (χ1v) is 10.4. The lowest BCUT2D eigenvalue weighted by molar-refractivity contribution is 0.274. The smallest absolute Gasteiger partial charge is 0.243 e. The Hall–Kier alpha value is -1.80. The molecule has 1 saturated carbocycles. The highest BCUT2D eigenvalue weighted by molar-refractivity contribution is 7.89. The maximum atomic E-state index is 13.9. The molecule has 6 nitrogen and oxygen atoms in total. The van der Waals surface area contributed by atoms with E-state index < -0.39 is 15.8 Å². The maximum absolute atomic E-state index is 13.9. The van der Waals surface area contributed by atoms with Crippen molar-refractivity contribution in [2.75, 3.05) is 13.1 Å². The Morgan fingerprint density at radius 3 is 2.62 bits per heavy atom. The van der Waals surface area contributed by atoms with Crippen LogP contribution < -0.4 is 0 Å². The van der Waals surface area contributed by atoms with Crippen LogP contribution in [0.3, 0.4) is 0 Å². The molecule has 26 heavy (non-hydrogen) atoms. The van der Waals surface area contributed by atoms with Crippen LogP contribution in [0.15, 0.2) is 29.4 Å². The summed E-state index contributed by atoms with van der Waals surface area (Å²) < 4.78 is 43.6. The molecular weight excluding hydrogens is 355 g/mol. The summed E-state index contributed by atoms with van der Waals surface area (Å²) in [6.45, 7) is 2.45. The molecule has 2 aliphatic rings. The third-order valence-corrected chi connectivity index (χ3v) is 7.86. The first-order valence-electron chi connectivity index (χ1n) is 8.94. The molecule has 0 amide bonds. The van der Waals surface area contributed by atoms with Gasteiger partial charge in [0.25, 0.3) is 0 Å². The van der Waals surface area contributed by atoms with Gasteiger partial charge in [-0.05, 0) is 42.9 Å². The molecule has 1 aromatic heterocycles. The topological polar surface area (TPSA) is 68.1 Å². The highest BCUT2D eigenvalue weighted by atomic mass is 32.2. The van der Waals surface area contributed by atoms with Crippen molar-refractivity contribution in [3.63, 3.8) is 0 Å². The van der Waals surface area contributed by atoms with Gasteiger partial charge in [0.1, 0.15) is 18.0 Å². The lowest BCUT2D eigenvalue weighted by Gasteiger charge is -2.29. The lowest BCUT2D eigenvalue weighted by Crippen LogP contribution is -2.31. The average molecular weight is 378 g/mol. The molecule has 8 heteroatoms. The number of benzene rings is 1. The van der Waals surface area contributed by atoms with Gasteiger partial charge in [0, 0.05) is 26.1 Å². The van der Waals surface area contributed by atoms with Gasteiger partial charge in [-0.1, -0.05) is 18.9 Å². The van der Waals surface area contributed by atoms with Gasteiger partial charge in [-0.2, -0.15) is 4.31 Å². The Balaban J connectivity index is 1.72. The van der Waals surface area contributed by atoms with Crippen molar-refractivity contribution in [3.05, 3.63) is 41.7 Å². The molecule has 1 unspecified atom stereocenters. The molecule has 1 spiro atoms. The molecule has 4 rings (SSSR count). The zero-order valence-corrected chi connectivity index (χ0v) is 15.8. The molecule has 0 N–H and O–H groups in total. The Morgan fingerprint density at radius 1 is 1.27 bits per heavy atom. The normalized spacial score (nSPS) is 23.1. The Labute approximate surface area is 153 Å². The lowest BCUT2D eigenvalue weighted by atomic mass is 9.76. The van der Waals surface area contributed by atoms with Crippen LogP contribution in [0.4, 0.5) is 4.39 Å². The highest BCUT2D eigenvalue weighted by Gasteiger charge is 2.53. The molecule has 2 aromatic rings. The number of nitrogens with zero attached hydrogens (tertiary/aromatic N) is 4. The number of halogens is 1. The van der Waals surface area contributed by atoms with E-state index in [4.69, 9.17) is 0 Å². The summed E-state index contributed by atoms with van der Waals surface area (Å²) in [5.41, 5.74) is 0.339. The zero-order chi connectivity index (χ0) is 18.5. The van der Waals surface area contributed by atoms with Crippen LogP contribution in [-0.4, -0.2) is 40.6 Å². The highest BCUT2D eigenvalue weighted by Crippen LogP contribution is 2.53. The summed E-state index contributed by atoms with van der Waals surface area (Å²) in [6.07, 6.45) is 5.82. The molecule has 1 aliphatic heterocycles. The number of rotatable bonds is 3. The third kappa shape index (κ3) is 2.66. The van der Waals surface area contributed by atoms with Crippen molar-refractivity contribution in [1.29, 1.82) is 0 Å². The SMILES string of the molecule is Cc1ccc(S(=O)(=O)N2CC(c3nncn3C)C3(CCCC3)C2)cc1F. The van der Waals surface area contributed by atoms with Crippen LogP contribution in [0, 0.1) is 18.2 Å². The van der Waals surface area contributed by atoms with Gasteiger partial charge in [-0.25, -0.2) is 12.8 Å². The average Bonchev–Trinajstić information content (AvgIpc) is 3.32. The molecule has 1 saturated heterocycles. The number of aromatic nitrogens is 3. The fourth-order valence-corrected chi connectivity index (χ4v) is 6.10. The molecule has 2 heterocycles. The van der Waals surface area contributed by atoms with Crippen molar-refractivity contribution in [2.45, 2.75) is 43.4 Å². The van der Waals surface area contributed by atoms with Crippen LogP contribution >= 0.6 is 0 Å². The van der Waals surface area contributed by atoms with E-state index in [0.717, 1.165) is 37.6 Å². The van der Waals surface area contributed by atoms with Crippen LogP contribution in [-0.2, 0) is 17.1 Å². The minimum Gasteiger partial charge on any atom is -0.320 e. The van der Waals surface area contributed by atoms with Crippen molar-refractivity contribution in [3.8, 4) is 0 Å². The minimum absolute atomic E-state index is 0.0163. The van der Waals surface area contributed by atoms with Crippen LogP contribution in [0.2, 0.25) is 0 Å². The largest absolute Gasteiger partial charge is 0.320 e. The third-order valence-electron chi connectivity index (χ3n) is 6.06. The second-order valence-electron chi connectivity index (χ2n) is 7.63. The maximum Gasteiger partial charge on any atom is 0.243 e. The number of aryl methyl sites for hydroxylation is 2. The van der Waals surface area contributed by atoms with Crippen molar-refractivity contribution in [2.24, 2.45) is 12.5 Å². The van der Waals surface area contributed by atoms with Gasteiger partial charge in [-0.3, -0.25) is 0 Å². The number of hydrogen-bond acceptors (Lipinski definition) is 4. The zero-order valence-electron chi connectivity index (χ0n) is 15.0. The monoisotopic (exact) mass is 378 g/mol. The fourth-order valence-electron chi connectivity index (χ4n) is 4.54. The molecule has 0 bridgehead atoms. The van der Waals surface area contributed by atoms with Gasteiger partial charge in [0.15, 0.2) is 0 Å². The van der Waals surface area contributed by atoms with Crippen molar-refractivity contribution >= 4 is 10.0 Å². The van der Waals surface area contributed by atoms with E-state index in [9.17, 15) is 12.8 Å². The second-order valence-corrected chi connectivity index (χ2v) is 9.57. The van der Waals surface area contributed by atoms with E-state index in [1.807, 2.05) is 11.6 Å². The van der Waals surface area contributed by atoms with E-state index in [2.05, 4.69) is 10.2 Å². The minimum atomic E-state index is -3.74. The van der Waals surface area contributed by atoms with E-state index >= 15 is 0 Å². The van der Waals surface area contributed by atoms with Gasteiger partial charge in [0.05, 0.1) is 4.90 Å². The van der Waals surface area contributed by atoms with Gasteiger partial charge < -0.3 is 4.57 Å². The Bertz CT molecular complexity index is 934. The van der Waals surface area contributed by atoms with Gasteiger partial charge >= 0.3 is 0 Å². The Kier molecular flexibility index (Phi) is 4.15. The van der Waals surface area contributed by atoms with Crippen LogP contribution in [0.25, 0.3) is 0 Å². The van der Waals surface area contributed by atoms with Gasteiger partial charge in [-0.15, -0.1) is 10.2 Å². The summed E-state index contributed by atoms with van der Waals surface area (Å²) in [7, 11) is -1.85. The first kappa shape index (κ1) is 17.6. The molecule has 1 atom stereocenters. The van der Waals surface area contributed by atoms with E-state index in [0.29, 0.717) is 18.7 Å². The van der Waals surface area contributed by atoms with Crippen LogP contribution in [0.1, 0.15) is 43.0 Å². The van der Waals surface area contributed by atoms with Crippen molar-refractivity contribution in [1.82, 2.24) is 19.1 Å². The van der Waals surface area contributed by atoms with Gasteiger partial charge in [0.2, 0.25) is 10.0 Å². The standard InChI is InChI=1S/C18H23FN4O2S/c1-13-5-6-14(9-16(13)19)26(24,25)23-10-15(17-21-20-12-22(17)2)18(11-23)7-3-4-8-18/h5-6,9,12,15H,3-4,7-8,10-11H2,1-2H3. The predicted octanol–water partition coefficient (Wildman–Crippen LogP) is 2.61. The second kappa shape index (κ2) is 6.13. The Morgan fingerprint density at radius 2 is 2.00 bits per heavy atom. The molecule has 0 radical (unpaired) electrons. The quantitative estimate of drug-likeness (QED) is 0.823. The molecule has 140 valence electrons. The van der Waals surface area contributed by atoms with Crippen LogP contribution in [0.5, 0.6) is 0 Å². The van der Waals surface area contributed by atoms with E-state index in [-0.39, 0.29) is 16.2 Å². The summed E-state index contributed by atoms with van der Waals surface area (Å²) in [4.78, 5) is 0.0207. The summed E-state index contributed by atoms with van der Waals surface area (Å²) >= 11 is 0. The summed E-state index contributed by atoms with van der Waals surface area (Å²) in [5, 5.41) is 8.25. The molecule has 1 aromatic carbocycles. The summed E-state index contributed by atoms with van der Waals surface area (Å²) in [6, 6.07) is 4.14. The van der Waals surface area contributed by atoms with E-state index in [1.165, 1.54) is 16.4 Å². The number of hydrogen-bond donors (Lipinski definition) is 0. The predicted molar refractivity (Wildman–Crippen MR) is 94.5 cm³/mol. The molecule has 2 fully saturated rings. The van der Waals surface area contributed by atoms with E-state index in [1.54, 1.807) is 13.3 Å². The first-order chi connectivity index (χ1) is 12.3. The number of sulfonamides is 1. The van der Waals surface area contributed by atoms with Crippen molar-refractivity contribution < 1.29 is 12.8 Å². The summed E-state index contributed by atoms with van der Waals surface area (Å²) in [5.74, 6) is 0.355. The molecular formula is C18H23FN4O2S. The molecule has 1 aliphatic carbocycles.